The maximum Gasteiger partial charge on any atom is 0.264 e. The third-order valence-electron chi connectivity index (χ3n) is 4.68. The molecule has 1 N–H and O–H groups in total. The van der Waals surface area contributed by atoms with Crippen LogP contribution < -0.4 is 14.4 Å². The molecule has 0 saturated heterocycles. The van der Waals surface area contributed by atoms with E-state index < -0.39 is 17.3 Å². The Hall–Kier alpha value is -2.86. The lowest BCUT2D eigenvalue weighted by Gasteiger charge is -2.22. The summed E-state index contributed by atoms with van der Waals surface area (Å²) < 4.78 is 10.4. The van der Waals surface area contributed by atoms with Gasteiger partial charge in [0.05, 0.1) is 31.9 Å². The molecule has 3 rings (SSSR count). The van der Waals surface area contributed by atoms with Crippen LogP contribution >= 0.6 is 0 Å². The summed E-state index contributed by atoms with van der Waals surface area (Å²) in [6.45, 7) is 2.24. The van der Waals surface area contributed by atoms with Crippen LogP contribution in [0.4, 0.5) is 5.69 Å². The van der Waals surface area contributed by atoms with Gasteiger partial charge in [0.2, 0.25) is 0 Å². The number of hydrogen-bond donors (Lipinski definition) is 1. The molecule has 1 aliphatic heterocycles. The summed E-state index contributed by atoms with van der Waals surface area (Å²) in [6.07, 6.45) is -0.372. The number of methoxy groups -OCH3 is 2. The highest BCUT2D eigenvalue weighted by atomic mass is 16.5. The second-order valence-electron chi connectivity index (χ2n) is 6.09. The van der Waals surface area contributed by atoms with Crippen molar-refractivity contribution < 1.29 is 24.2 Å². The SMILES string of the molecule is CCN1C(=O)C(O)(CC(=O)c2cc(OC)ccc2OC)c2ccccc21. The van der Waals surface area contributed by atoms with Crippen LogP contribution in [0.1, 0.15) is 29.3 Å². The Morgan fingerprint density at radius 3 is 2.54 bits per heavy atom. The zero-order valence-electron chi connectivity index (χ0n) is 15.0. The maximum absolute atomic E-state index is 12.9. The topological polar surface area (TPSA) is 76.1 Å². The first-order valence-electron chi connectivity index (χ1n) is 8.35. The molecule has 2 aromatic rings. The van der Waals surface area contributed by atoms with Crippen molar-refractivity contribution in [1.29, 1.82) is 0 Å². The van der Waals surface area contributed by atoms with Crippen molar-refractivity contribution in [3.8, 4) is 11.5 Å². The van der Waals surface area contributed by atoms with Gasteiger partial charge in [-0.1, -0.05) is 18.2 Å². The molecule has 0 spiro atoms. The molecular weight excluding hydrogens is 334 g/mol. The van der Waals surface area contributed by atoms with Gasteiger partial charge in [-0.05, 0) is 31.2 Å². The lowest BCUT2D eigenvalue weighted by molar-refractivity contribution is -0.135. The molecule has 0 aromatic heterocycles. The largest absolute Gasteiger partial charge is 0.497 e. The Morgan fingerprint density at radius 1 is 1.15 bits per heavy atom. The molecule has 0 saturated carbocycles. The minimum absolute atomic E-state index is 0.264. The van der Waals surface area contributed by atoms with Crippen LogP contribution in [0.15, 0.2) is 42.5 Å². The van der Waals surface area contributed by atoms with E-state index in [-0.39, 0.29) is 12.0 Å². The molecule has 6 nitrogen and oxygen atoms in total. The number of para-hydroxylation sites is 1. The molecule has 2 aromatic carbocycles. The van der Waals surface area contributed by atoms with Gasteiger partial charge < -0.3 is 19.5 Å². The monoisotopic (exact) mass is 355 g/mol. The van der Waals surface area contributed by atoms with Gasteiger partial charge in [-0.15, -0.1) is 0 Å². The predicted octanol–water partition coefficient (Wildman–Crippen LogP) is 2.53. The molecule has 1 amide bonds. The molecule has 136 valence electrons. The summed E-state index contributed by atoms with van der Waals surface area (Å²) in [7, 11) is 2.96. The highest BCUT2D eigenvalue weighted by Crippen LogP contribution is 2.43. The number of rotatable bonds is 6. The van der Waals surface area contributed by atoms with E-state index in [1.807, 2.05) is 6.92 Å². The number of anilines is 1. The van der Waals surface area contributed by atoms with Gasteiger partial charge in [0.1, 0.15) is 11.5 Å². The quantitative estimate of drug-likeness (QED) is 0.806. The molecule has 1 heterocycles. The van der Waals surface area contributed by atoms with Crippen LogP contribution in [-0.2, 0) is 10.4 Å². The Morgan fingerprint density at radius 2 is 1.88 bits per heavy atom. The van der Waals surface area contributed by atoms with Crippen molar-refractivity contribution in [2.75, 3.05) is 25.7 Å². The lowest BCUT2D eigenvalue weighted by Crippen LogP contribution is -2.41. The van der Waals surface area contributed by atoms with Gasteiger partial charge in [0, 0.05) is 12.1 Å². The standard InChI is InChI=1S/C20H21NO5/c1-4-21-16-8-6-5-7-15(16)20(24,19(21)23)12-17(22)14-11-13(25-2)9-10-18(14)26-3/h5-11,24H,4,12H2,1-3H3. The summed E-state index contributed by atoms with van der Waals surface area (Å²) in [5.41, 5.74) is -0.548. The predicted molar refractivity (Wildman–Crippen MR) is 96.9 cm³/mol. The maximum atomic E-state index is 12.9. The fourth-order valence-corrected chi connectivity index (χ4v) is 3.35. The van der Waals surface area contributed by atoms with Crippen LogP contribution in [0, 0.1) is 0 Å². The number of hydrogen-bond acceptors (Lipinski definition) is 5. The summed E-state index contributed by atoms with van der Waals surface area (Å²) in [6, 6.07) is 11.8. The fourth-order valence-electron chi connectivity index (χ4n) is 3.35. The molecule has 0 radical (unpaired) electrons. The minimum atomic E-state index is -1.89. The molecule has 0 fully saturated rings. The minimum Gasteiger partial charge on any atom is -0.497 e. The van der Waals surface area contributed by atoms with Gasteiger partial charge in [-0.2, -0.15) is 0 Å². The fraction of sp³-hybridized carbons (Fsp3) is 0.300. The number of aliphatic hydroxyl groups is 1. The number of fused-ring (bicyclic) bond motifs is 1. The normalized spacial score (nSPS) is 18.6. The number of benzene rings is 2. The van der Waals surface area contributed by atoms with E-state index in [4.69, 9.17) is 9.47 Å². The summed E-state index contributed by atoms with van der Waals surface area (Å²) in [5, 5.41) is 11.2. The number of nitrogens with zero attached hydrogens (tertiary/aromatic N) is 1. The summed E-state index contributed by atoms with van der Waals surface area (Å²) >= 11 is 0. The first-order valence-corrected chi connectivity index (χ1v) is 8.35. The van der Waals surface area contributed by atoms with Crippen molar-refractivity contribution in [1.82, 2.24) is 0 Å². The van der Waals surface area contributed by atoms with Gasteiger partial charge in [-0.25, -0.2) is 0 Å². The van der Waals surface area contributed by atoms with Crippen LogP contribution in [-0.4, -0.2) is 37.6 Å². The summed E-state index contributed by atoms with van der Waals surface area (Å²) in [5.74, 6) is -0.0271. The molecule has 6 heteroatoms. The van der Waals surface area contributed by atoms with Crippen molar-refractivity contribution in [2.45, 2.75) is 18.9 Å². The van der Waals surface area contributed by atoms with Crippen LogP contribution in [0.3, 0.4) is 0 Å². The molecule has 0 bridgehead atoms. The van der Waals surface area contributed by atoms with Crippen LogP contribution in [0.2, 0.25) is 0 Å². The van der Waals surface area contributed by atoms with Crippen molar-refractivity contribution >= 4 is 17.4 Å². The Balaban J connectivity index is 2.01. The number of carbonyl (C=O) groups excluding carboxylic acids is 2. The molecule has 0 aliphatic carbocycles. The Kier molecular flexibility index (Phi) is 4.70. The average molecular weight is 355 g/mol. The zero-order valence-corrected chi connectivity index (χ0v) is 15.0. The first-order chi connectivity index (χ1) is 12.5. The second kappa shape index (κ2) is 6.80. The van der Waals surface area contributed by atoms with E-state index >= 15 is 0 Å². The van der Waals surface area contributed by atoms with Crippen LogP contribution in [0.25, 0.3) is 0 Å². The van der Waals surface area contributed by atoms with E-state index in [1.54, 1.807) is 42.5 Å². The third kappa shape index (κ3) is 2.72. The molecule has 1 unspecified atom stereocenters. The van der Waals surface area contributed by atoms with E-state index in [1.165, 1.54) is 19.1 Å². The third-order valence-corrected chi connectivity index (χ3v) is 4.68. The highest BCUT2D eigenvalue weighted by molar-refractivity contribution is 6.11. The number of likely N-dealkylation sites (N-methyl/N-ethyl adjacent to an activating group) is 1. The number of ketones is 1. The van der Waals surface area contributed by atoms with E-state index in [2.05, 4.69) is 0 Å². The number of Topliss-reactive ketones (excluding diaryl/α,β-unsaturated/α-hetero) is 1. The molecular formula is C20H21NO5. The lowest BCUT2D eigenvalue weighted by atomic mass is 9.88. The number of carbonyl (C=O) groups is 2. The Labute approximate surface area is 152 Å². The Bertz CT molecular complexity index is 863. The molecule has 1 aliphatic rings. The van der Waals surface area contributed by atoms with Gasteiger partial charge in [0.25, 0.3) is 5.91 Å². The molecule has 1 atom stereocenters. The first kappa shape index (κ1) is 17.9. The zero-order chi connectivity index (χ0) is 18.9. The summed E-state index contributed by atoms with van der Waals surface area (Å²) in [4.78, 5) is 27.3. The second-order valence-corrected chi connectivity index (χ2v) is 6.09. The van der Waals surface area contributed by atoms with Crippen molar-refractivity contribution in [2.24, 2.45) is 0 Å². The molecule has 26 heavy (non-hydrogen) atoms. The number of ether oxygens (including phenoxy) is 2. The number of amides is 1. The van der Waals surface area contributed by atoms with Crippen LogP contribution in [0.5, 0.6) is 11.5 Å². The van der Waals surface area contributed by atoms with Gasteiger partial charge in [-0.3, -0.25) is 9.59 Å². The van der Waals surface area contributed by atoms with Gasteiger partial charge in [0.15, 0.2) is 11.4 Å². The van der Waals surface area contributed by atoms with Crippen molar-refractivity contribution in [3.05, 3.63) is 53.6 Å². The smallest absolute Gasteiger partial charge is 0.264 e. The average Bonchev–Trinajstić information content (AvgIpc) is 2.88. The van der Waals surface area contributed by atoms with E-state index in [0.29, 0.717) is 29.3 Å². The highest BCUT2D eigenvalue weighted by Gasteiger charge is 2.50. The van der Waals surface area contributed by atoms with Gasteiger partial charge >= 0.3 is 0 Å². The van der Waals surface area contributed by atoms with E-state index in [0.717, 1.165) is 0 Å². The van der Waals surface area contributed by atoms with E-state index in [9.17, 15) is 14.7 Å². The van der Waals surface area contributed by atoms with Crippen molar-refractivity contribution in [3.63, 3.8) is 0 Å².